The predicted molar refractivity (Wildman–Crippen MR) is 339 cm³/mol. The van der Waals surface area contributed by atoms with Crippen molar-refractivity contribution in [2.45, 2.75) is 209 Å². The van der Waals surface area contributed by atoms with E-state index in [2.05, 4.69) is 161 Å². The summed E-state index contributed by atoms with van der Waals surface area (Å²) in [7, 11) is 0. The van der Waals surface area contributed by atoms with Crippen molar-refractivity contribution in [3.63, 3.8) is 0 Å². The first kappa shape index (κ1) is 69.3. The minimum Gasteiger partial charge on any atom is -0.508 e. The number of hydrogen-bond donors (Lipinski definition) is 8. The van der Waals surface area contributed by atoms with Crippen LogP contribution in [0.1, 0.15) is 208 Å². The van der Waals surface area contributed by atoms with Crippen LogP contribution in [0.4, 0.5) is 0 Å². The van der Waals surface area contributed by atoms with Gasteiger partial charge in [-0.1, -0.05) is 191 Å². The minimum atomic E-state index is -0.0596. The monoisotopic (exact) mass is 1090 g/mol. The van der Waals surface area contributed by atoms with Gasteiger partial charge in [0.15, 0.2) is 11.5 Å². The number of aromatic hydroxyl groups is 8. The number of benzene rings is 7. The first-order valence-corrected chi connectivity index (χ1v) is 28.6. The van der Waals surface area contributed by atoms with E-state index in [-0.39, 0.29) is 55.5 Å². The van der Waals surface area contributed by atoms with Gasteiger partial charge in [-0.15, -0.1) is 0 Å². The molecule has 7 rings (SSSR count). The molecule has 0 aromatic heterocycles. The molecule has 0 bridgehead atoms. The molecular weight excluding hydrogens is 993 g/mol. The van der Waals surface area contributed by atoms with Gasteiger partial charge in [0, 0.05) is 6.07 Å². The Morgan fingerprint density at radius 1 is 0.263 bits per heavy atom. The van der Waals surface area contributed by atoms with Crippen LogP contribution in [0.5, 0.6) is 46.0 Å². The van der Waals surface area contributed by atoms with Crippen LogP contribution in [0.15, 0.2) is 133 Å². The second kappa shape index (κ2) is 29.6. The van der Waals surface area contributed by atoms with E-state index in [9.17, 15) is 30.6 Å². The van der Waals surface area contributed by atoms with Gasteiger partial charge in [0.2, 0.25) is 0 Å². The van der Waals surface area contributed by atoms with Crippen molar-refractivity contribution in [1.29, 1.82) is 0 Å². The first-order chi connectivity index (χ1) is 37.0. The molecule has 438 valence electrons. The highest BCUT2D eigenvalue weighted by molar-refractivity contribution is 5.84. The Labute approximate surface area is 482 Å². The molecule has 0 spiro atoms. The Bertz CT molecular complexity index is 2970. The van der Waals surface area contributed by atoms with Crippen LogP contribution in [0, 0.1) is 13.8 Å². The Morgan fingerprint density at radius 3 is 1.02 bits per heavy atom. The SMILES string of the molecule is CCC(C)(C)c1cc(C)c(O)c(C)c1.CCC(C)(C)c1cc(O)cc(O)c1.CCC(C)(C)c1ccc(O)c(O)c1.CCC(C)(C)c1ccc(O)cc1.CCC(C)(C)c1ccc2cc(O)ccc2c1.CCC(C)(C)c1cccc(O)c1. The molecule has 0 aliphatic rings. The third-order valence-electron chi connectivity index (χ3n) is 16.9. The lowest BCUT2D eigenvalue weighted by atomic mass is 9.81. The van der Waals surface area contributed by atoms with Gasteiger partial charge in [-0.3, -0.25) is 0 Å². The summed E-state index contributed by atoms with van der Waals surface area (Å²) in [6.07, 6.45) is 6.38. The Kier molecular flexibility index (Phi) is 25.6. The van der Waals surface area contributed by atoms with E-state index >= 15 is 0 Å². The van der Waals surface area contributed by atoms with Crippen LogP contribution < -0.4 is 0 Å². The summed E-state index contributed by atoms with van der Waals surface area (Å²) < 4.78 is 0. The topological polar surface area (TPSA) is 162 Å². The molecule has 8 heteroatoms. The molecule has 0 aliphatic heterocycles. The summed E-state index contributed by atoms with van der Waals surface area (Å²) in [5.74, 6) is 1.60. The fourth-order valence-corrected chi connectivity index (χ4v) is 8.00. The van der Waals surface area contributed by atoms with Gasteiger partial charge in [0.1, 0.15) is 34.5 Å². The minimum absolute atomic E-state index is 0.00375. The van der Waals surface area contributed by atoms with Crippen molar-refractivity contribution >= 4 is 10.8 Å². The summed E-state index contributed by atoms with van der Waals surface area (Å²) in [5.41, 5.74) is 9.94. The molecule has 80 heavy (non-hydrogen) atoms. The average molecular weight is 1100 g/mol. The maximum absolute atomic E-state index is 9.67. The lowest BCUT2D eigenvalue weighted by Crippen LogP contribution is -2.15. The van der Waals surface area contributed by atoms with E-state index < -0.39 is 0 Å². The zero-order valence-corrected chi connectivity index (χ0v) is 52.5. The molecule has 0 atom stereocenters. The second-order valence-corrected chi connectivity index (χ2v) is 25.2. The fourth-order valence-electron chi connectivity index (χ4n) is 8.00. The average Bonchev–Trinajstić information content (AvgIpc) is 3.41. The number of rotatable bonds is 12. The quantitative estimate of drug-likeness (QED) is 0.0561. The molecule has 8 nitrogen and oxygen atoms in total. The van der Waals surface area contributed by atoms with Gasteiger partial charge >= 0.3 is 0 Å². The third kappa shape index (κ3) is 20.7. The standard InChI is InChI=1S/C15H18O.C13H20O.2C11H16O2.2C11H16O/c1-4-15(2,3)13-7-5-12-10-14(16)8-6-11(12)9-13;1-6-13(4,5)11-7-9(2)12(14)10(3)8-11;1-4-11(2,3)8-5-9(12)7-10(13)6-8;1-4-11(2,3)8-5-6-9(12)10(13)7-8;1-4-11(2,3)9-5-7-10(12)8-6-9;1-4-11(2,3)9-6-5-7-10(12)8-9/h5-10,16H,4H2,1-3H3;7-8,14H,6H2,1-5H3;2*5-7,12-13H,4H2,1-3H3;2*5-8,12H,4H2,1-3H3. The van der Waals surface area contributed by atoms with E-state index in [0.717, 1.165) is 66.2 Å². The number of phenols is 8. The van der Waals surface area contributed by atoms with E-state index in [1.807, 2.05) is 50.2 Å². The number of fused-ring (bicyclic) bond motifs is 1. The van der Waals surface area contributed by atoms with Crippen molar-refractivity contribution in [1.82, 2.24) is 0 Å². The van der Waals surface area contributed by atoms with Crippen LogP contribution in [-0.4, -0.2) is 40.9 Å². The lowest BCUT2D eigenvalue weighted by Gasteiger charge is -2.24. The summed E-state index contributed by atoms with van der Waals surface area (Å²) in [4.78, 5) is 0. The summed E-state index contributed by atoms with van der Waals surface area (Å²) in [5, 5.41) is 76.8. The molecular formula is C72H102O8. The maximum Gasteiger partial charge on any atom is 0.157 e. The number of aryl methyl sites for hydroxylation is 2. The van der Waals surface area contributed by atoms with E-state index in [1.54, 1.807) is 48.5 Å². The largest absolute Gasteiger partial charge is 0.508 e. The molecule has 0 fully saturated rings. The van der Waals surface area contributed by atoms with Crippen LogP contribution in [0.2, 0.25) is 0 Å². The molecule has 0 saturated heterocycles. The van der Waals surface area contributed by atoms with Crippen molar-refractivity contribution in [2.75, 3.05) is 0 Å². The van der Waals surface area contributed by atoms with Crippen molar-refractivity contribution in [2.24, 2.45) is 0 Å². The summed E-state index contributed by atoms with van der Waals surface area (Å²) in [6, 6.07) is 40.8. The molecule has 0 aliphatic carbocycles. The molecule has 0 saturated carbocycles. The molecule has 8 N–H and O–H groups in total. The molecule has 0 heterocycles. The summed E-state index contributed by atoms with van der Waals surface area (Å²) >= 11 is 0. The number of hydrogen-bond acceptors (Lipinski definition) is 8. The van der Waals surface area contributed by atoms with Crippen LogP contribution in [0.3, 0.4) is 0 Å². The summed E-state index contributed by atoms with van der Waals surface area (Å²) in [6.45, 7) is 43.0. The first-order valence-electron chi connectivity index (χ1n) is 28.6. The van der Waals surface area contributed by atoms with Gasteiger partial charge in [-0.05, 0) is 201 Å². The fraction of sp³-hybridized carbons (Fsp3) is 0.444. The highest BCUT2D eigenvalue weighted by Gasteiger charge is 2.23. The predicted octanol–water partition coefficient (Wildman–Crippen LogP) is 19.7. The van der Waals surface area contributed by atoms with E-state index in [0.29, 0.717) is 23.0 Å². The van der Waals surface area contributed by atoms with Gasteiger partial charge in [-0.25, -0.2) is 0 Å². The van der Waals surface area contributed by atoms with E-state index in [1.165, 1.54) is 39.8 Å². The molecule has 0 radical (unpaired) electrons. The maximum atomic E-state index is 9.67. The Balaban J connectivity index is 0.000000329. The molecule has 7 aromatic rings. The van der Waals surface area contributed by atoms with Gasteiger partial charge < -0.3 is 40.9 Å². The second-order valence-electron chi connectivity index (χ2n) is 25.2. The zero-order valence-electron chi connectivity index (χ0n) is 52.5. The molecule has 0 amide bonds. The van der Waals surface area contributed by atoms with Crippen LogP contribution in [0.25, 0.3) is 10.8 Å². The van der Waals surface area contributed by atoms with Crippen LogP contribution in [-0.2, 0) is 32.5 Å². The van der Waals surface area contributed by atoms with Crippen LogP contribution >= 0.6 is 0 Å². The van der Waals surface area contributed by atoms with Gasteiger partial charge in [-0.2, -0.15) is 0 Å². The normalized spacial score (nSPS) is 11.7. The highest BCUT2D eigenvalue weighted by atomic mass is 16.3. The smallest absolute Gasteiger partial charge is 0.157 e. The Hall–Kier alpha value is -6.80. The third-order valence-corrected chi connectivity index (χ3v) is 16.9. The highest BCUT2D eigenvalue weighted by Crippen LogP contribution is 2.36. The van der Waals surface area contributed by atoms with E-state index in [4.69, 9.17) is 10.2 Å². The van der Waals surface area contributed by atoms with Gasteiger partial charge in [0.05, 0.1) is 0 Å². The molecule has 0 unspecified atom stereocenters. The Morgan fingerprint density at radius 2 is 0.588 bits per heavy atom. The van der Waals surface area contributed by atoms with Gasteiger partial charge in [0.25, 0.3) is 0 Å². The molecule has 7 aromatic carbocycles. The van der Waals surface area contributed by atoms with Crippen molar-refractivity contribution in [3.05, 3.63) is 178 Å². The zero-order chi connectivity index (χ0) is 61.2. The van der Waals surface area contributed by atoms with Crippen molar-refractivity contribution in [3.8, 4) is 46.0 Å². The number of phenolic OH excluding ortho intramolecular Hbond substituents is 8. The van der Waals surface area contributed by atoms with Crippen molar-refractivity contribution < 1.29 is 40.9 Å². The lowest BCUT2D eigenvalue weighted by molar-refractivity contribution is 0.400.